The van der Waals surface area contributed by atoms with E-state index < -0.39 is 88.6 Å². The molecule has 0 aromatic heterocycles. The van der Waals surface area contributed by atoms with Crippen LogP contribution in [0.1, 0.15) is 41.4 Å². The Balaban J connectivity index is 0.000000623. The molecule has 0 aliphatic heterocycles. The van der Waals surface area contributed by atoms with Gasteiger partial charge in [-0.1, -0.05) is 48.5 Å². The Morgan fingerprint density at radius 2 is 0.490 bits per heavy atom. The Hall–Kier alpha value is -6.76. The summed E-state index contributed by atoms with van der Waals surface area (Å²) in [5, 5.41) is 82.2. The number of carbonyl (C=O) groups excluding carboxylic acids is 4. The van der Waals surface area contributed by atoms with Gasteiger partial charge in [0.05, 0.1) is 65.8 Å². The number of benzene rings is 4. The van der Waals surface area contributed by atoms with E-state index in [9.17, 15) is 80.1 Å². The van der Waals surface area contributed by atoms with Crippen molar-refractivity contribution in [3.05, 3.63) is 160 Å². The zero-order valence-electron chi connectivity index (χ0n) is 24.1. The van der Waals surface area contributed by atoms with Crippen molar-refractivity contribution in [1.82, 2.24) is 0 Å². The maximum absolute atomic E-state index is 10.3. The molecule has 0 fully saturated rings. The van der Waals surface area contributed by atoms with Crippen LogP contribution in [0.5, 0.6) is 0 Å². The third kappa shape index (κ3) is 13.2. The molecule has 0 bridgehead atoms. The van der Waals surface area contributed by atoms with Crippen LogP contribution in [0.3, 0.4) is 0 Å². The molecule has 0 spiro atoms. The first-order chi connectivity index (χ1) is 22.5. The van der Waals surface area contributed by atoms with Gasteiger partial charge >= 0.3 is 26.2 Å². The first-order valence-electron chi connectivity index (χ1n) is 12.3. The van der Waals surface area contributed by atoms with Crippen molar-refractivity contribution in [2.45, 2.75) is 0 Å². The van der Waals surface area contributed by atoms with Crippen LogP contribution < -0.4 is 20.4 Å². The second-order valence-electron chi connectivity index (χ2n) is 8.25. The van der Waals surface area contributed by atoms with Gasteiger partial charge in [-0.2, -0.15) is 0 Å². The van der Waals surface area contributed by atoms with Gasteiger partial charge in [0.1, 0.15) is 0 Å². The maximum Gasteiger partial charge on any atom is 4.00 e. The summed E-state index contributed by atoms with van der Waals surface area (Å²) in [6, 6.07) is 20.2. The standard InChI is InChI=1S/4C7H5NO4.Zr/c4*9-7(10)5-3-1-2-4-6(5)8(11)12;/h4*1-4H,(H,9,10);/q;;;;+4/p-4. The summed E-state index contributed by atoms with van der Waals surface area (Å²) in [6.07, 6.45) is 0. The third-order valence-electron chi connectivity index (χ3n) is 5.28. The van der Waals surface area contributed by atoms with Crippen LogP contribution in [-0.2, 0) is 26.2 Å². The van der Waals surface area contributed by atoms with E-state index in [1.807, 2.05) is 0 Å². The summed E-state index contributed by atoms with van der Waals surface area (Å²) in [4.78, 5) is 79.2. The van der Waals surface area contributed by atoms with Gasteiger partial charge in [0.25, 0.3) is 22.7 Å². The molecule has 4 aromatic carbocycles. The van der Waals surface area contributed by atoms with E-state index in [4.69, 9.17) is 0 Å². The Morgan fingerprint density at radius 3 is 0.592 bits per heavy atom. The van der Waals surface area contributed by atoms with Crippen LogP contribution in [0, 0.1) is 40.5 Å². The van der Waals surface area contributed by atoms with Gasteiger partial charge in [0, 0.05) is 24.3 Å². The van der Waals surface area contributed by atoms with Crippen LogP contribution in [0.25, 0.3) is 0 Å². The fourth-order valence-corrected chi connectivity index (χ4v) is 3.22. The van der Waals surface area contributed by atoms with Crippen molar-refractivity contribution >= 4 is 46.6 Å². The summed E-state index contributed by atoms with van der Waals surface area (Å²) in [7, 11) is 0. The first kappa shape index (κ1) is 42.2. The molecule has 0 unspecified atom stereocenters. The Kier molecular flexibility index (Phi) is 17.6. The van der Waals surface area contributed by atoms with E-state index in [0.717, 1.165) is 48.5 Å². The van der Waals surface area contributed by atoms with Crippen LogP contribution in [0.4, 0.5) is 22.7 Å². The van der Waals surface area contributed by atoms with Gasteiger partial charge in [-0.05, 0) is 24.3 Å². The van der Waals surface area contributed by atoms with Gasteiger partial charge in [0.15, 0.2) is 0 Å². The number of nitrogens with zero attached hydrogens (tertiary/aromatic N) is 4. The fourth-order valence-electron chi connectivity index (χ4n) is 3.22. The summed E-state index contributed by atoms with van der Waals surface area (Å²) < 4.78 is 0. The molecular formula is C28H16N4O16Zr. The summed E-state index contributed by atoms with van der Waals surface area (Å²) in [5.41, 5.74) is -3.39. The van der Waals surface area contributed by atoms with Crippen molar-refractivity contribution in [1.29, 1.82) is 0 Å². The number of carboxylic acids is 4. The minimum absolute atomic E-state index is 0. The predicted octanol–water partition coefficient (Wildman–Crippen LogP) is -0.169. The second-order valence-corrected chi connectivity index (χ2v) is 8.25. The monoisotopic (exact) mass is 754 g/mol. The molecule has 0 aliphatic rings. The maximum atomic E-state index is 10.3. The fraction of sp³-hybridized carbons (Fsp3) is 0. The molecule has 248 valence electrons. The number of carboxylic acid groups (broad SMARTS) is 4. The number of carbonyl (C=O) groups is 4. The van der Waals surface area contributed by atoms with Gasteiger partial charge in [-0.15, -0.1) is 0 Å². The Morgan fingerprint density at radius 1 is 0.347 bits per heavy atom. The minimum atomic E-state index is -1.54. The number of para-hydroxylation sites is 4. The number of nitro benzene ring substituents is 4. The molecule has 0 heterocycles. The molecule has 0 N–H and O–H groups in total. The number of rotatable bonds is 8. The minimum Gasteiger partial charge on any atom is -0.545 e. The van der Waals surface area contributed by atoms with Crippen LogP contribution in [0.2, 0.25) is 0 Å². The number of aromatic carboxylic acids is 4. The molecule has 4 rings (SSSR count). The van der Waals surface area contributed by atoms with E-state index in [0.29, 0.717) is 0 Å². The normalized spacial score (nSPS) is 9.14. The Bertz CT molecular complexity index is 1480. The average Bonchev–Trinajstić information content (AvgIpc) is 3.05. The van der Waals surface area contributed by atoms with E-state index in [1.54, 1.807) is 0 Å². The molecule has 4 aromatic rings. The molecule has 0 atom stereocenters. The van der Waals surface area contributed by atoms with Gasteiger partial charge in [-0.25, -0.2) is 0 Å². The SMILES string of the molecule is O=C([O-])c1ccccc1[N+](=O)[O-].O=C([O-])c1ccccc1[N+](=O)[O-].O=C([O-])c1ccccc1[N+](=O)[O-].O=C([O-])c1ccccc1[N+](=O)[O-].[Zr+4]. The predicted molar refractivity (Wildman–Crippen MR) is 150 cm³/mol. The summed E-state index contributed by atoms with van der Waals surface area (Å²) in [5.74, 6) is -6.16. The second kappa shape index (κ2) is 20.4. The molecule has 0 radical (unpaired) electrons. The molecule has 0 aliphatic carbocycles. The first-order valence-corrected chi connectivity index (χ1v) is 12.3. The molecule has 0 saturated carbocycles. The van der Waals surface area contributed by atoms with Gasteiger partial charge < -0.3 is 39.6 Å². The van der Waals surface area contributed by atoms with Gasteiger partial charge in [-0.3, -0.25) is 40.5 Å². The molecule has 21 heteroatoms. The smallest absolute Gasteiger partial charge is 0.545 e. The van der Waals surface area contributed by atoms with Crippen LogP contribution in [-0.4, -0.2) is 43.6 Å². The van der Waals surface area contributed by atoms with E-state index >= 15 is 0 Å². The van der Waals surface area contributed by atoms with Crippen molar-refractivity contribution in [3.63, 3.8) is 0 Å². The van der Waals surface area contributed by atoms with Crippen molar-refractivity contribution in [2.24, 2.45) is 0 Å². The van der Waals surface area contributed by atoms with Crippen LogP contribution in [0.15, 0.2) is 97.1 Å². The van der Waals surface area contributed by atoms with Crippen molar-refractivity contribution in [3.8, 4) is 0 Å². The number of nitro groups is 4. The van der Waals surface area contributed by atoms with Gasteiger partial charge in [0.2, 0.25) is 0 Å². The topological polar surface area (TPSA) is 333 Å². The van der Waals surface area contributed by atoms with Crippen LogP contribution >= 0.6 is 0 Å². The van der Waals surface area contributed by atoms with E-state index in [2.05, 4.69) is 0 Å². The molecule has 49 heavy (non-hydrogen) atoms. The molecule has 20 nitrogen and oxygen atoms in total. The van der Waals surface area contributed by atoms with Crippen molar-refractivity contribution < 1.29 is 85.5 Å². The summed E-state index contributed by atoms with van der Waals surface area (Å²) >= 11 is 0. The number of hydrogen-bond donors (Lipinski definition) is 0. The quantitative estimate of drug-likeness (QED) is 0.166. The van der Waals surface area contributed by atoms with Crippen molar-refractivity contribution in [2.75, 3.05) is 0 Å². The number of hydrogen-bond acceptors (Lipinski definition) is 16. The summed E-state index contributed by atoms with van der Waals surface area (Å²) in [6.45, 7) is 0. The Labute approximate surface area is 291 Å². The third-order valence-corrected chi connectivity index (χ3v) is 5.28. The van der Waals surface area contributed by atoms with E-state index in [1.165, 1.54) is 48.5 Å². The zero-order valence-corrected chi connectivity index (χ0v) is 26.5. The molecular weight excluding hydrogens is 740 g/mol. The van der Waals surface area contributed by atoms with E-state index in [-0.39, 0.29) is 26.2 Å². The molecule has 0 saturated heterocycles. The average molecular weight is 756 g/mol. The largest absolute Gasteiger partial charge is 4.00 e. The molecule has 0 amide bonds. The zero-order chi connectivity index (χ0) is 36.6.